The van der Waals surface area contributed by atoms with Gasteiger partial charge in [-0.15, -0.1) is 0 Å². The van der Waals surface area contributed by atoms with Gasteiger partial charge in [0.15, 0.2) is 16.3 Å². The molecule has 0 fully saturated rings. The summed E-state index contributed by atoms with van der Waals surface area (Å²) in [5.41, 5.74) is 0.988. The van der Waals surface area contributed by atoms with Crippen molar-refractivity contribution in [3.8, 4) is 28.8 Å². The van der Waals surface area contributed by atoms with Gasteiger partial charge in [-0.05, 0) is 58.0 Å². The van der Waals surface area contributed by atoms with Crippen LogP contribution in [0.4, 0.5) is 0 Å². The summed E-state index contributed by atoms with van der Waals surface area (Å²) >= 11 is 20.5. The molecule has 0 bridgehead atoms. The zero-order valence-corrected chi connectivity index (χ0v) is 18.7. The van der Waals surface area contributed by atoms with E-state index in [1.165, 1.54) is 7.11 Å². The molecule has 148 valence electrons. The van der Waals surface area contributed by atoms with Crippen LogP contribution in [-0.2, 0) is 6.61 Å². The lowest BCUT2D eigenvalue weighted by atomic mass is 10.1. The van der Waals surface area contributed by atoms with Gasteiger partial charge < -0.3 is 14.5 Å². The second-order valence-electron chi connectivity index (χ2n) is 5.80. The third-order valence-corrected chi connectivity index (χ3v) is 5.47. The van der Waals surface area contributed by atoms with Gasteiger partial charge in [-0.2, -0.15) is 5.26 Å². The summed E-state index contributed by atoms with van der Waals surface area (Å²) in [4.78, 5) is 17.3. The lowest BCUT2D eigenvalue weighted by Gasteiger charge is -2.15. The summed E-state index contributed by atoms with van der Waals surface area (Å²) in [6.45, 7) is 0.224. The number of hydrogen-bond donors (Lipinski definition) is 2. The average Bonchev–Trinajstić information content (AvgIpc) is 2.68. The Bertz CT molecular complexity index is 1250. The minimum absolute atomic E-state index is 0.0861. The molecule has 0 unspecified atom stereocenters. The quantitative estimate of drug-likeness (QED) is 0.432. The molecule has 29 heavy (non-hydrogen) atoms. The Labute approximate surface area is 189 Å². The third kappa shape index (κ3) is 4.65. The number of H-pyrrole nitrogens is 2. The number of aromatic nitrogens is 2. The predicted octanol–water partition coefficient (Wildman–Crippen LogP) is 5.63. The first-order valence-electron chi connectivity index (χ1n) is 8.05. The van der Waals surface area contributed by atoms with E-state index in [1.54, 1.807) is 30.3 Å². The number of halogens is 3. The Hall–Kier alpha value is -2.31. The first-order chi connectivity index (χ1) is 13.8. The maximum atomic E-state index is 12.0. The summed E-state index contributed by atoms with van der Waals surface area (Å²) in [5, 5.41) is 10.2. The van der Waals surface area contributed by atoms with Crippen LogP contribution in [-0.4, -0.2) is 17.1 Å². The van der Waals surface area contributed by atoms with Crippen molar-refractivity contribution in [2.24, 2.45) is 0 Å². The minimum Gasteiger partial charge on any atom is -0.493 e. The van der Waals surface area contributed by atoms with E-state index in [-0.39, 0.29) is 22.6 Å². The van der Waals surface area contributed by atoms with Crippen LogP contribution in [0.25, 0.3) is 11.3 Å². The van der Waals surface area contributed by atoms with Gasteiger partial charge in [0.05, 0.1) is 27.3 Å². The zero-order valence-electron chi connectivity index (χ0n) is 14.8. The Balaban J connectivity index is 2.01. The lowest BCUT2D eigenvalue weighted by molar-refractivity contribution is 0.282. The van der Waals surface area contributed by atoms with Crippen molar-refractivity contribution in [3.63, 3.8) is 0 Å². The highest BCUT2D eigenvalue weighted by Gasteiger charge is 2.17. The van der Waals surface area contributed by atoms with E-state index in [2.05, 4.69) is 25.9 Å². The lowest BCUT2D eigenvalue weighted by Crippen LogP contribution is -2.13. The summed E-state index contributed by atoms with van der Waals surface area (Å²) in [6, 6.07) is 10.4. The third-order valence-electron chi connectivity index (χ3n) is 3.94. The van der Waals surface area contributed by atoms with E-state index in [1.807, 2.05) is 6.07 Å². The number of nitriles is 1. The van der Waals surface area contributed by atoms with Crippen LogP contribution in [0.5, 0.6) is 11.5 Å². The van der Waals surface area contributed by atoms with E-state index in [4.69, 9.17) is 44.9 Å². The molecular formula is C19H12BrCl2N3O3S. The first kappa shape index (κ1) is 21.4. The van der Waals surface area contributed by atoms with Crippen LogP contribution >= 0.6 is 51.3 Å². The molecule has 6 nitrogen and oxygen atoms in total. The Morgan fingerprint density at radius 3 is 2.62 bits per heavy atom. The van der Waals surface area contributed by atoms with Crippen LogP contribution in [0, 0.1) is 16.1 Å². The number of ether oxygens (including phenoxy) is 2. The maximum Gasteiger partial charge on any atom is 0.270 e. The molecule has 0 radical (unpaired) electrons. The first-order valence-corrected chi connectivity index (χ1v) is 10.0. The van der Waals surface area contributed by atoms with Crippen molar-refractivity contribution in [3.05, 3.63) is 71.1 Å². The van der Waals surface area contributed by atoms with Crippen LogP contribution in [0.2, 0.25) is 10.0 Å². The molecular weight excluding hydrogens is 501 g/mol. The van der Waals surface area contributed by atoms with Crippen molar-refractivity contribution < 1.29 is 9.47 Å². The molecule has 2 aromatic carbocycles. The Morgan fingerprint density at radius 1 is 1.21 bits per heavy atom. The fraction of sp³-hybridized carbons (Fsp3) is 0.105. The number of methoxy groups -OCH3 is 1. The van der Waals surface area contributed by atoms with Crippen LogP contribution < -0.4 is 15.0 Å². The summed E-state index contributed by atoms with van der Waals surface area (Å²) in [6.07, 6.45) is 0. The van der Waals surface area contributed by atoms with E-state index in [0.717, 1.165) is 5.56 Å². The number of nitrogens with zero attached hydrogens (tertiary/aromatic N) is 1. The van der Waals surface area contributed by atoms with Gasteiger partial charge in [-0.1, -0.05) is 29.3 Å². The van der Waals surface area contributed by atoms with Gasteiger partial charge in [0.2, 0.25) is 0 Å². The highest BCUT2D eigenvalue weighted by atomic mass is 79.9. The highest BCUT2D eigenvalue weighted by molar-refractivity contribution is 9.10. The van der Waals surface area contributed by atoms with Crippen molar-refractivity contribution >= 4 is 51.3 Å². The smallest absolute Gasteiger partial charge is 0.270 e. The minimum atomic E-state index is -0.568. The summed E-state index contributed by atoms with van der Waals surface area (Å²) in [7, 11) is 1.49. The average molecular weight is 513 g/mol. The SMILES string of the molecule is COc1cc(-c2[nH]c(=S)[nH]c(=O)c2C#N)cc(Br)c1OCc1ccc(Cl)c(Cl)c1. The van der Waals surface area contributed by atoms with Gasteiger partial charge >= 0.3 is 0 Å². The van der Waals surface area contributed by atoms with Crippen LogP contribution in [0.1, 0.15) is 11.1 Å². The number of benzene rings is 2. The second kappa shape index (κ2) is 9.01. The van der Waals surface area contributed by atoms with E-state index in [9.17, 15) is 10.1 Å². The van der Waals surface area contributed by atoms with Crippen LogP contribution in [0.3, 0.4) is 0 Å². The molecule has 0 aliphatic heterocycles. The molecule has 0 saturated heterocycles. The fourth-order valence-corrected chi connectivity index (χ4v) is 3.67. The normalized spacial score (nSPS) is 10.4. The van der Waals surface area contributed by atoms with E-state index in [0.29, 0.717) is 31.6 Å². The van der Waals surface area contributed by atoms with Crippen molar-refractivity contribution in [2.75, 3.05) is 7.11 Å². The molecule has 3 rings (SSSR count). The standard InChI is InChI=1S/C19H12BrCl2N3O3S/c1-27-15-6-10(16-11(7-23)18(26)25-19(29)24-16)5-12(20)17(15)28-8-9-2-3-13(21)14(22)4-9/h2-6H,8H2,1H3,(H2,24,25,26,29). The number of hydrogen-bond acceptors (Lipinski definition) is 5. The molecule has 0 atom stereocenters. The molecule has 0 aliphatic rings. The van der Waals surface area contributed by atoms with E-state index >= 15 is 0 Å². The Kier molecular flexibility index (Phi) is 6.65. The molecule has 2 N–H and O–H groups in total. The molecule has 3 aromatic rings. The van der Waals surface area contributed by atoms with Crippen molar-refractivity contribution in [1.29, 1.82) is 5.26 Å². The topological polar surface area (TPSA) is 90.9 Å². The van der Waals surface area contributed by atoms with E-state index < -0.39 is 5.56 Å². The number of rotatable bonds is 5. The monoisotopic (exact) mass is 511 g/mol. The number of aromatic amines is 2. The molecule has 1 aromatic heterocycles. The van der Waals surface area contributed by atoms with Gasteiger partial charge in [0.1, 0.15) is 18.2 Å². The largest absolute Gasteiger partial charge is 0.493 e. The highest BCUT2D eigenvalue weighted by Crippen LogP contribution is 2.40. The molecule has 10 heteroatoms. The van der Waals surface area contributed by atoms with Crippen molar-refractivity contribution in [1.82, 2.24) is 9.97 Å². The molecule has 1 heterocycles. The summed E-state index contributed by atoms with van der Waals surface area (Å²) in [5.74, 6) is 0.849. The zero-order chi connectivity index (χ0) is 21.1. The maximum absolute atomic E-state index is 12.0. The fourth-order valence-electron chi connectivity index (χ4n) is 2.60. The van der Waals surface area contributed by atoms with Crippen molar-refractivity contribution in [2.45, 2.75) is 6.61 Å². The van der Waals surface area contributed by atoms with Gasteiger partial charge in [0.25, 0.3) is 5.56 Å². The Morgan fingerprint density at radius 2 is 1.97 bits per heavy atom. The number of nitrogens with one attached hydrogen (secondary N) is 2. The van der Waals surface area contributed by atoms with Gasteiger partial charge in [0, 0.05) is 5.56 Å². The molecule has 0 spiro atoms. The molecule has 0 amide bonds. The van der Waals surface area contributed by atoms with Crippen LogP contribution in [0.15, 0.2) is 39.6 Å². The summed E-state index contributed by atoms with van der Waals surface area (Å²) < 4.78 is 12.0. The van der Waals surface area contributed by atoms with Gasteiger partial charge in [-0.3, -0.25) is 9.78 Å². The predicted molar refractivity (Wildman–Crippen MR) is 117 cm³/mol. The molecule has 0 saturated carbocycles. The second-order valence-corrected chi connectivity index (χ2v) is 7.87. The van der Waals surface area contributed by atoms with Gasteiger partial charge in [-0.25, -0.2) is 0 Å². The molecule has 0 aliphatic carbocycles.